The molecule has 1 aliphatic carbocycles. The highest BCUT2D eigenvalue weighted by molar-refractivity contribution is 9.10. The number of hydrogen-bond acceptors (Lipinski definition) is 1. The first-order valence-electron chi connectivity index (χ1n) is 7.35. The summed E-state index contributed by atoms with van der Waals surface area (Å²) in [6.45, 7) is 4.33. The number of rotatable bonds is 5. The number of nitrogens with one attached hydrogen (secondary N) is 1. The maximum absolute atomic E-state index is 13.1. The van der Waals surface area contributed by atoms with Crippen molar-refractivity contribution in [3.05, 3.63) is 34.1 Å². The van der Waals surface area contributed by atoms with Crippen molar-refractivity contribution in [1.82, 2.24) is 5.32 Å². The van der Waals surface area contributed by atoms with Crippen LogP contribution in [0.1, 0.15) is 38.2 Å². The van der Waals surface area contributed by atoms with E-state index in [4.69, 9.17) is 0 Å². The van der Waals surface area contributed by atoms with E-state index in [1.807, 2.05) is 6.07 Å². The van der Waals surface area contributed by atoms with Crippen LogP contribution in [0.15, 0.2) is 22.7 Å². The molecule has 1 fully saturated rings. The van der Waals surface area contributed by atoms with Gasteiger partial charge in [-0.3, -0.25) is 0 Å². The van der Waals surface area contributed by atoms with Gasteiger partial charge in [0.1, 0.15) is 5.82 Å². The summed E-state index contributed by atoms with van der Waals surface area (Å²) in [5.41, 5.74) is 1.25. The molecule has 0 bridgehead atoms. The molecule has 0 spiro atoms. The Labute approximate surface area is 124 Å². The van der Waals surface area contributed by atoms with Gasteiger partial charge in [-0.1, -0.05) is 41.8 Å². The Balaban J connectivity index is 2.02. The maximum Gasteiger partial charge on any atom is 0.124 e. The lowest BCUT2D eigenvalue weighted by molar-refractivity contribution is 0.229. The topological polar surface area (TPSA) is 12.0 Å². The highest BCUT2D eigenvalue weighted by Gasteiger charge is 2.25. The summed E-state index contributed by atoms with van der Waals surface area (Å²) < 4.78 is 14.0. The Morgan fingerprint density at radius 2 is 2.00 bits per heavy atom. The zero-order valence-corrected chi connectivity index (χ0v) is 13.2. The Morgan fingerprint density at radius 1 is 1.26 bits per heavy atom. The van der Waals surface area contributed by atoms with E-state index in [1.165, 1.54) is 31.2 Å². The first-order valence-corrected chi connectivity index (χ1v) is 8.14. The summed E-state index contributed by atoms with van der Waals surface area (Å²) in [4.78, 5) is 0. The molecule has 19 heavy (non-hydrogen) atoms. The zero-order valence-electron chi connectivity index (χ0n) is 11.6. The Kier molecular flexibility index (Phi) is 5.83. The van der Waals surface area contributed by atoms with Gasteiger partial charge in [-0.05, 0) is 61.9 Å². The molecule has 1 saturated carbocycles. The van der Waals surface area contributed by atoms with Crippen molar-refractivity contribution < 1.29 is 4.39 Å². The molecule has 1 aromatic carbocycles. The van der Waals surface area contributed by atoms with Crippen LogP contribution in [-0.2, 0) is 6.42 Å². The fourth-order valence-corrected chi connectivity index (χ4v) is 3.63. The fourth-order valence-electron chi connectivity index (χ4n) is 3.12. The fraction of sp³-hybridized carbons (Fsp3) is 0.625. The van der Waals surface area contributed by atoms with Crippen molar-refractivity contribution in [2.24, 2.45) is 11.8 Å². The second-order valence-electron chi connectivity index (χ2n) is 5.55. The van der Waals surface area contributed by atoms with Gasteiger partial charge in [-0.2, -0.15) is 0 Å². The van der Waals surface area contributed by atoms with E-state index in [-0.39, 0.29) is 5.82 Å². The van der Waals surface area contributed by atoms with E-state index in [2.05, 4.69) is 28.2 Å². The van der Waals surface area contributed by atoms with Gasteiger partial charge < -0.3 is 5.32 Å². The van der Waals surface area contributed by atoms with Crippen molar-refractivity contribution in [1.29, 1.82) is 0 Å². The van der Waals surface area contributed by atoms with Gasteiger partial charge in [0.25, 0.3) is 0 Å². The molecule has 0 aliphatic heterocycles. The van der Waals surface area contributed by atoms with Crippen LogP contribution in [0.3, 0.4) is 0 Å². The largest absolute Gasteiger partial charge is 0.317 e. The van der Waals surface area contributed by atoms with Crippen molar-refractivity contribution in [3.8, 4) is 0 Å². The zero-order chi connectivity index (χ0) is 13.7. The molecular weight excluding hydrogens is 305 g/mol. The van der Waals surface area contributed by atoms with Gasteiger partial charge in [0, 0.05) is 4.47 Å². The first-order chi connectivity index (χ1) is 9.20. The average Bonchev–Trinajstić information content (AvgIpc) is 2.41. The van der Waals surface area contributed by atoms with Crippen LogP contribution in [0.2, 0.25) is 0 Å². The van der Waals surface area contributed by atoms with E-state index in [1.54, 1.807) is 12.1 Å². The lowest BCUT2D eigenvalue weighted by Gasteiger charge is -2.32. The van der Waals surface area contributed by atoms with E-state index in [9.17, 15) is 4.39 Å². The van der Waals surface area contributed by atoms with Gasteiger partial charge in [0.2, 0.25) is 0 Å². The average molecular weight is 328 g/mol. The van der Waals surface area contributed by atoms with E-state index >= 15 is 0 Å². The number of halogens is 2. The minimum Gasteiger partial charge on any atom is -0.317 e. The van der Waals surface area contributed by atoms with E-state index in [0.29, 0.717) is 0 Å². The molecule has 1 N–H and O–H groups in total. The molecular formula is C16H23BrFN. The molecule has 0 saturated heterocycles. The summed E-state index contributed by atoms with van der Waals surface area (Å²) >= 11 is 3.49. The van der Waals surface area contributed by atoms with Crippen molar-refractivity contribution in [2.45, 2.75) is 39.0 Å². The third-order valence-corrected chi connectivity index (χ3v) is 4.96. The van der Waals surface area contributed by atoms with Crippen molar-refractivity contribution in [2.75, 3.05) is 13.1 Å². The van der Waals surface area contributed by atoms with Gasteiger partial charge in [-0.15, -0.1) is 0 Å². The Morgan fingerprint density at radius 3 is 2.68 bits per heavy atom. The summed E-state index contributed by atoms with van der Waals surface area (Å²) in [6, 6.07) is 5.08. The predicted octanol–water partition coefficient (Wildman–Crippen LogP) is 4.55. The molecule has 0 aromatic heterocycles. The van der Waals surface area contributed by atoms with Crippen LogP contribution in [0.5, 0.6) is 0 Å². The van der Waals surface area contributed by atoms with Gasteiger partial charge in [0.15, 0.2) is 0 Å². The highest BCUT2D eigenvalue weighted by atomic mass is 79.9. The van der Waals surface area contributed by atoms with Crippen LogP contribution in [0, 0.1) is 17.7 Å². The third-order valence-electron chi connectivity index (χ3n) is 4.22. The van der Waals surface area contributed by atoms with E-state index < -0.39 is 0 Å². The smallest absolute Gasteiger partial charge is 0.124 e. The normalized spacial score (nSPS) is 23.5. The Hall–Kier alpha value is -0.410. The lowest BCUT2D eigenvalue weighted by Crippen LogP contribution is -2.31. The summed E-state index contributed by atoms with van der Waals surface area (Å²) in [7, 11) is 0. The molecule has 1 nitrogen and oxygen atoms in total. The summed E-state index contributed by atoms with van der Waals surface area (Å²) in [5.74, 6) is 1.34. The van der Waals surface area contributed by atoms with Crippen molar-refractivity contribution >= 4 is 15.9 Å². The third kappa shape index (κ3) is 4.28. The predicted molar refractivity (Wildman–Crippen MR) is 81.8 cm³/mol. The summed E-state index contributed by atoms with van der Waals surface area (Å²) in [6.07, 6.45) is 6.40. The number of benzene rings is 1. The number of hydrogen-bond donors (Lipinski definition) is 1. The standard InChI is InChI=1S/C16H23BrFN/c1-2-19-11-14-6-4-3-5-12(14)9-13-7-8-15(18)10-16(13)17/h7-8,10,12,14,19H,2-6,9,11H2,1H3. The van der Waals surface area contributed by atoms with Crippen LogP contribution in [-0.4, -0.2) is 13.1 Å². The summed E-state index contributed by atoms with van der Waals surface area (Å²) in [5, 5.41) is 3.49. The lowest BCUT2D eigenvalue weighted by atomic mass is 9.76. The van der Waals surface area contributed by atoms with Crippen molar-refractivity contribution in [3.63, 3.8) is 0 Å². The van der Waals surface area contributed by atoms with Crippen LogP contribution < -0.4 is 5.32 Å². The molecule has 2 unspecified atom stereocenters. The maximum atomic E-state index is 13.1. The minimum absolute atomic E-state index is 0.163. The molecule has 106 valence electrons. The van der Waals surface area contributed by atoms with Gasteiger partial charge >= 0.3 is 0 Å². The minimum atomic E-state index is -0.163. The molecule has 0 radical (unpaired) electrons. The van der Waals surface area contributed by atoms with Crippen LogP contribution in [0.25, 0.3) is 0 Å². The molecule has 0 amide bonds. The van der Waals surface area contributed by atoms with Gasteiger partial charge in [0.05, 0.1) is 0 Å². The van der Waals surface area contributed by atoms with Crippen LogP contribution >= 0.6 is 15.9 Å². The molecule has 2 rings (SSSR count). The monoisotopic (exact) mass is 327 g/mol. The molecule has 0 heterocycles. The molecule has 1 aliphatic rings. The highest BCUT2D eigenvalue weighted by Crippen LogP contribution is 2.33. The second-order valence-corrected chi connectivity index (χ2v) is 6.41. The molecule has 3 heteroatoms. The SMILES string of the molecule is CCNCC1CCCCC1Cc1ccc(F)cc1Br. The Bertz CT molecular complexity index is 408. The first kappa shape index (κ1) is 15.0. The molecule has 1 aromatic rings. The quantitative estimate of drug-likeness (QED) is 0.836. The van der Waals surface area contributed by atoms with E-state index in [0.717, 1.165) is 35.8 Å². The second kappa shape index (κ2) is 7.39. The van der Waals surface area contributed by atoms with Crippen LogP contribution in [0.4, 0.5) is 4.39 Å². The van der Waals surface area contributed by atoms with Gasteiger partial charge in [-0.25, -0.2) is 4.39 Å². The molecule has 2 atom stereocenters.